The quantitative estimate of drug-likeness (QED) is 0.209. The Kier molecular flexibility index (Phi) is 7.35. The number of alkyl halides is 3. The molecule has 0 radical (unpaired) electrons. The number of benzene rings is 2. The number of aromatic carboxylic acids is 1. The van der Waals surface area contributed by atoms with Crippen LogP contribution in [0, 0.1) is 5.82 Å². The van der Waals surface area contributed by atoms with E-state index in [0.717, 1.165) is 28.9 Å². The van der Waals surface area contributed by atoms with Crippen LogP contribution in [0.5, 0.6) is 0 Å². The Hall–Kier alpha value is -3.74. The average molecular weight is 539 g/mol. The molecule has 0 fully saturated rings. The van der Waals surface area contributed by atoms with Crippen LogP contribution in [-0.4, -0.2) is 51.2 Å². The van der Waals surface area contributed by atoms with Gasteiger partial charge in [0, 0.05) is 29.8 Å². The van der Waals surface area contributed by atoms with Crippen LogP contribution in [0.3, 0.4) is 0 Å². The largest absolute Gasteiger partial charge is 0.478 e. The summed E-state index contributed by atoms with van der Waals surface area (Å²) in [5.74, 6) is -2.29. The second-order valence-electron chi connectivity index (χ2n) is 7.88. The van der Waals surface area contributed by atoms with Gasteiger partial charge in [0.15, 0.2) is 6.23 Å². The molecule has 0 bridgehead atoms. The molecule has 4 aromatic rings. The van der Waals surface area contributed by atoms with E-state index in [-0.39, 0.29) is 32.9 Å². The first kappa shape index (κ1) is 26.3. The number of carboxylic acids is 1. The third kappa shape index (κ3) is 5.22. The van der Waals surface area contributed by atoms with Crippen molar-refractivity contribution in [3.05, 3.63) is 76.2 Å². The number of ether oxygens (including phenoxy) is 1. The summed E-state index contributed by atoms with van der Waals surface area (Å²) in [6.45, 7) is 0.724. The number of aromatic nitrogens is 3. The number of pyridine rings is 1. The van der Waals surface area contributed by atoms with E-state index in [1.165, 1.54) is 31.5 Å². The SMILES string of the molecule is COCCNc1cnc2c(-c3ccc(C(=O)O)cc3F)nn(C(O)c3c(Cl)cccc3C(F)(F)F)c2c1. The third-order valence-corrected chi connectivity index (χ3v) is 5.83. The first-order chi connectivity index (χ1) is 17.5. The Labute approximate surface area is 212 Å². The minimum Gasteiger partial charge on any atom is -0.478 e. The molecule has 1 unspecified atom stereocenters. The van der Waals surface area contributed by atoms with Crippen molar-refractivity contribution >= 4 is 34.3 Å². The van der Waals surface area contributed by atoms with Gasteiger partial charge in [-0.05, 0) is 36.4 Å². The number of anilines is 1. The lowest BCUT2D eigenvalue weighted by molar-refractivity contribution is -0.139. The Bertz CT molecular complexity index is 1480. The van der Waals surface area contributed by atoms with Crippen LogP contribution in [0.15, 0.2) is 48.7 Å². The Morgan fingerprint density at radius 2 is 2.00 bits per heavy atom. The molecular formula is C24H19ClF4N4O4. The number of halogens is 5. The molecule has 13 heteroatoms. The van der Waals surface area contributed by atoms with E-state index in [0.29, 0.717) is 18.8 Å². The van der Waals surface area contributed by atoms with E-state index < -0.39 is 35.3 Å². The molecule has 0 saturated carbocycles. The number of carboxylic acid groups (broad SMARTS) is 1. The molecule has 0 amide bonds. The van der Waals surface area contributed by atoms with Crippen LogP contribution in [0.1, 0.15) is 27.7 Å². The molecule has 0 aliphatic rings. The lowest BCUT2D eigenvalue weighted by Gasteiger charge is -2.20. The summed E-state index contributed by atoms with van der Waals surface area (Å²) in [5.41, 5.74) is -1.85. The number of fused-ring (bicyclic) bond motifs is 1. The van der Waals surface area contributed by atoms with Crippen molar-refractivity contribution in [2.45, 2.75) is 12.4 Å². The normalized spacial score (nSPS) is 12.6. The van der Waals surface area contributed by atoms with Gasteiger partial charge >= 0.3 is 12.1 Å². The topological polar surface area (TPSA) is 110 Å². The average Bonchev–Trinajstić information content (AvgIpc) is 3.21. The van der Waals surface area contributed by atoms with Crippen molar-refractivity contribution < 1.29 is 37.3 Å². The predicted octanol–water partition coefficient (Wildman–Crippen LogP) is 5.21. The zero-order chi connectivity index (χ0) is 26.9. The first-order valence-corrected chi connectivity index (χ1v) is 11.1. The fourth-order valence-electron chi connectivity index (χ4n) is 3.79. The van der Waals surface area contributed by atoms with Crippen LogP contribution in [0.25, 0.3) is 22.3 Å². The van der Waals surface area contributed by atoms with Gasteiger partial charge in [-0.2, -0.15) is 18.3 Å². The van der Waals surface area contributed by atoms with Crippen molar-refractivity contribution in [3.63, 3.8) is 0 Å². The maximum Gasteiger partial charge on any atom is 0.416 e. The maximum atomic E-state index is 14.9. The highest BCUT2D eigenvalue weighted by Gasteiger charge is 2.37. The smallest absolute Gasteiger partial charge is 0.416 e. The number of carbonyl (C=O) groups is 1. The summed E-state index contributed by atoms with van der Waals surface area (Å²) in [6.07, 6.45) is -5.46. The monoisotopic (exact) mass is 538 g/mol. The Morgan fingerprint density at radius 1 is 1.24 bits per heavy atom. The second-order valence-corrected chi connectivity index (χ2v) is 8.28. The predicted molar refractivity (Wildman–Crippen MR) is 127 cm³/mol. The summed E-state index contributed by atoms with van der Waals surface area (Å²) in [4.78, 5) is 15.5. The lowest BCUT2D eigenvalue weighted by atomic mass is 10.1. The maximum absolute atomic E-state index is 14.9. The molecule has 0 aliphatic heterocycles. The number of methoxy groups -OCH3 is 1. The molecule has 1 atom stereocenters. The molecule has 2 aromatic carbocycles. The first-order valence-electron chi connectivity index (χ1n) is 10.7. The zero-order valence-electron chi connectivity index (χ0n) is 19.1. The van der Waals surface area contributed by atoms with Gasteiger partial charge in [-0.1, -0.05) is 17.7 Å². The van der Waals surface area contributed by atoms with E-state index in [1.807, 2.05) is 0 Å². The number of hydrogen-bond donors (Lipinski definition) is 3. The number of hydrogen-bond acceptors (Lipinski definition) is 6. The molecule has 0 spiro atoms. The van der Waals surface area contributed by atoms with Crippen LogP contribution < -0.4 is 5.32 Å². The number of nitrogens with one attached hydrogen (secondary N) is 1. The van der Waals surface area contributed by atoms with Gasteiger partial charge in [0.1, 0.15) is 17.0 Å². The molecular weight excluding hydrogens is 520 g/mol. The minimum atomic E-state index is -4.84. The molecule has 8 nitrogen and oxygen atoms in total. The summed E-state index contributed by atoms with van der Waals surface area (Å²) < 4.78 is 62.0. The van der Waals surface area contributed by atoms with Crippen LogP contribution >= 0.6 is 11.6 Å². The van der Waals surface area contributed by atoms with Crippen LogP contribution in [-0.2, 0) is 10.9 Å². The van der Waals surface area contributed by atoms with E-state index >= 15 is 0 Å². The van der Waals surface area contributed by atoms with E-state index in [9.17, 15) is 27.5 Å². The van der Waals surface area contributed by atoms with Gasteiger partial charge in [-0.25, -0.2) is 13.9 Å². The highest BCUT2D eigenvalue weighted by molar-refractivity contribution is 6.31. The standard InChI is InChI=1S/C24H19ClF4N4O4/c1-37-8-7-30-13-10-18-21(31-11-13)20(14-6-5-12(23(35)36)9-17(14)26)32-33(18)22(34)19-15(24(27,28)29)3-2-4-16(19)25/h2-6,9-11,22,30,34H,7-8H2,1H3,(H,35,36). The van der Waals surface area contributed by atoms with Gasteiger partial charge in [0.05, 0.1) is 35.1 Å². The van der Waals surface area contributed by atoms with Crippen molar-refractivity contribution in [1.82, 2.24) is 14.8 Å². The highest BCUT2D eigenvalue weighted by Crippen LogP contribution is 2.40. The molecule has 0 aliphatic carbocycles. The van der Waals surface area contributed by atoms with Crippen molar-refractivity contribution in [1.29, 1.82) is 0 Å². The van der Waals surface area contributed by atoms with Crippen molar-refractivity contribution in [2.24, 2.45) is 0 Å². The summed E-state index contributed by atoms with van der Waals surface area (Å²) in [7, 11) is 1.51. The second kappa shape index (κ2) is 10.3. The molecule has 0 saturated heterocycles. The highest BCUT2D eigenvalue weighted by atomic mass is 35.5. The van der Waals surface area contributed by atoms with Gasteiger partial charge in [-0.15, -0.1) is 0 Å². The summed E-state index contributed by atoms with van der Waals surface area (Å²) >= 11 is 6.08. The van der Waals surface area contributed by atoms with E-state index in [2.05, 4.69) is 15.4 Å². The zero-order valence-corrected chi connectivity index (χ0v) is 19.8. The molecule has 2 heterocycles. The van der Waals surface area contributed by atoms with Gasteiger partial charge < -0.3 is 20.3 Å². The Morgan fingerprint density at radius 3 is 2.65 bits per heavy atom. The van der Waals surface area contributed by atoms with E-state index in [4.69, 9.17) is 21.4 Å². The Balaban J connectivity index is 1.94. The van der Waals surface area contributed by atoms with E-state index in [1.54, 1.807) is 0 Å². The molecule has 4 rings (SSSR count). The number of nitrogens with zero attached hydrogens (tertiary/aromatic N) is 3. The lowest BCUT2D eigenvalue weighted by Crippen LogP contribution is -2.18. The van der Waals surface area contributed by atoms with Gasteiger partial charge in [0.2, 0.25) is 0 Å². The van der Waals surface area contributed by atoms with Gasteiger partial charge in [0.25, 0.3) is 0 Å². The van der Waals surface area contributed by atoms with Crippen LogP contribution in [0.4, 0.5) is 23.2 Å². The fraction of sp³-hybridized carbons (Fsp3) is 0.208. The summed E-state index contributed by atoms with van der Waals surface area (Å²) in [5, 5.41) is 27.1. The number of rotatable bonds is 8. The molecule has 3 N–H and O–H groups in total. The number of aliphatic hydroxyl groups excluding tert-OH is 1. The summed E-state index contributed by atoms with van der Waals surface area (Å²) in [6, 6.07) is 7.66. The van der Waals surface area contributed by atoms with Crippen molar-refractivity contribution in [2.75, 3.05) is 25.6 Å². The third-order valence-electron chi connectivity index (χ3n) is 5.50. The number of aliphatic hydroxyl groups is 1. The molecule has 194 valence electrons. The minimum absolute atomic E-state index is 0.0546. The van der Waals surface area contributed by atoms with Gasteiger partial charge in [-0.3, -0.25) is 4.98 Å². The molecule has 2 aromatic heterocycles. The van der Waals surface area contributed by atoms with Crippen LogP contribution in [0.2, 0.25) is 5.02 Å². The fourth-order valence-corrected chi connectivity index (χ4v) is 4.06. The van der Waals surface area contributed by atoms with Crippen molar-refractivity contribution in [3.8, 4) is 11.3 Å². The molecule has 37 heavy (non-hydrogen) atoms.